The van der Waals surface area contributed by atoms with Crippen LogP contribution in [0.1, 0.15) is 68.7 Å². The maximum atomic E-state index is 14.3. The number of ether oxygens (including phenoxy) is 3. The summed E-state index contributed by atoms with van der Waals surface area (Å²) < 4.78 is 32.9. The molecule has 2 aromatic rings. The number of rotatable bonds is 15. The van der Waals surface area contributed by atoms with E-state index in [1.807, 2.05) is 25.3 Å². The molecule has 12 nitrogen and oxygen atoms in total. The number of nitrogens with one attached hydrogen (secondary N) is 2. The molecule has 0 aliphatic heterocycles. The van der Waals surface area contributed by atoms with Crippen molar-refractivity contribution < 1.29 is 28.4 Å². The molecule has 39 heavy (non-hydrogen) atoms. The molecule has 220 valence electrons. The molecule has 0 aliphatic carbocycles. The molecule has 0 unspecified atom stereocenters. The minimum atomic E-state index is -3.63. The summed E-state index contributed by atoms with van der Waals surface area (Å²) in [5.41, 5.74) is 6.42. The summed E-state index contributed by atoms with van der Waals surface area (Å²) in [6.45, 7) is 16.3. The van der Waals surface area contributed by atoms with Crippen molar-refractivity contribution in [2.75, 3.05) is 12.1 Å². The number of pyridine rings is 1. The first kappa shape index (κ1) is 32.7. The predicted octanol–water partition coefficient (Wildman–Crippen LogP) is 3.84. The van der Waals surface area contributed by atoms with Crippen LogP contribution in [0.15, 0.2) is 18.6 Å². The number of nitrogens with two attached hydrogens (primary N) is 1. The van der Waals surface area contributed by atoms with Crippen molar-refractivity contribution in [2.45, 2.75) is 105 Å². The number of carbonyl (C=O) groups excluding carboxylic acids is 2. The van der Waals surface area contributed by atoms with Gasteiger partial charge >= 0.3 is 11.9 Å². The molecule has 0 aromatic carbocycles. The van der Waals surface area contributed by atoms with Gasteiger partial charge in [0.2, 0.25) is 7.44 Å². The Balaban J connectivity index is 2.24. The molecule has 0 saturated carbocycles. The fourth-order valence-electron chi connectivity index (χ4n) is 3.83. The number of anilines is 1. The number of esters is 2. The molecule has 4 N–H and O–H groups in total. The second-order valence-electron chi connectivity index (χ2n) is 11.2. The first-order valence-electron chi connectivity index (χ1n) is 13.3. The number of nitrogens with zero attached hydrogens (tertiary/aromatic N) is 3. The molecule has 0 amide bonds. The Bertz CT molecular complexity index is 1170. The van der Waals surface area contributed by atoms with Gasteiger partial charge in [0.05, 0.1) is 43.3 Å². The predicted molar refractivity (Wildman–Crippen MR) is 151 cm³/mol. The summed E-state index contributed by atoms with van der Waals surface area (Å²) in [6.07, 6.45) is 1.97. The summed E-state index contributed by atoms with van der Waals surface area (Å²) >= 11 is 0. The van der Waals surface area contributed by atoms with Crippen molar-refractivity contribution in [3.05, 3.63) is 18.6 Å². The zero-order valence-corrected chi connectivity index (χ0v) is 25.5. The van der Waals surface area contributed by atoms with E-state index in [1.165, 1.54) is 0 Å². The lowest BCUT2D eigenvalue weighted by Gasteiger charge is -2.34. The lowest BCUT2D eigenvalue weighted by Crippen LogP contribution is -2.51. The highest BCUT2D eigenvalue weighted by Crippen LogP contribution is 2.41. The first-order chi connectivity index (χ1) is 18.0. The SMILES string of the molecule is CC(C)OC(=O)C[C@H](N[P@](=O)(CO[C@H](C)Cn1cnc2c(N)ccnc21)NC(C)(C)C(=O)OC(C)C)C(C)C. The monoisotopic (exact) mass is 568 g/mol. The Morgan fingerprint density at radius 3 is 2.31 bits per heavy atom. The van der Waals surface area contributed by atoms with Gasteiger partial charge in [-0.3, -0.25) is 14.2 Å². The maximum absolute atomic E-state index is 14.3. The third kappa shape index (κ3) is 9.86. The van der Waals surface area contributed by atoms with Gasteiger partial charge in [0, 0.05) is 12.2 Å². The average Bonchev–Trinajstić information content (AvgIpc) is 3.20. The molecule has 3 atom stereocenters. The average molecular weight is 569 g/mol. The standard InChI is InChI=1S/C26H45N6O6P/c1-16(2)21(12-22(33)37-17(3)4)30-39(35,31-26(8,9)25(34)38-18(5)6)15-36-19(7)13-32-14-29-23-20(27)10-11-28-24(23)32/h10-11,14,16-19,21H,12-13,15H2,1-9H3,(H2,27,28)(H2,30,31,35)/t19-,21+,39-/m1/s1. The molecule has 2 heterocycles. The highest BCUT2D eigenvalue weighted by molar-refractivity contribution is 7.59. The van der Waals surface area contributed by atoms with E-state index >= 15 is 0 Å². The van der Waals surface area contributed by atoms with Gasteiger partial charge in [-0.15, -0.1) is 0 Å². The van der Waals surface area contributed by atoms with Crippen LogP contribution in [0, 0.1) is 5.92 Å². The summed E-state index contributed by atoms with van der Waals surface area (Å²) in [5, 5.41) is 6.08. The van der Waals surface area contributed by atoms with Crippen molar-refractivity contribution in [3.63, 3.8) is 0 Å². The fraction of sp³-hybridized carbons (Fsp3) is 0.692. The van der Waals surface area contributed by atoms with Gasteiger partial charge in [-0.2, -0.15) is 0 Å². The van der Waals surface area contributed by atoms with Crippen molar-refractivity contribution in [1.82, 2.24) is 24.7 Å². The van der Waals surface area contributed by atoms with Gasteiger partial charge in [-0.25, -0.2) is 20.1 Å². The summed E-state index contributed by atoms with van der Waals surface area (Å²) in [4.78, 5) is 33.9. The van der Waals surface area contributed by atoms with Gasteiger partial charge in [0.15, 0.2) is 5.65 Å². The normalized spacial score (nSPS) is 15.5. The maximum Gasteiger partial charge on any atom is 0.326 e. The van der Waals surface area contributed by atoms with Crippen LogP contribution in [0.5, 0.6) is 0 Å². The van der Waals surface area contributed by atoms with Crippen LogP contribution in [-0.4, -0.2) is 62.7 Å². The molecule has 0 fully saturated rings. The van der Waals surface area contributed by atoms with Gasteiger partial charge in [-0.1, -0.05) is 13.8 Å². The molecule has 2 aromatic heterocycles. The fourth-order valence-corrected chi connectivity index (χ4v) is 6.41. The van der Waals surface area contributed by atoms with Crippen LogP contribution in [0.2, 0.25) is 0 Å². The minimum Gasteiger partial charge on any atom is -0.463 e. The lowest BCUT2D eigenvalue weighted by molar-refractivity contribution is -0.153. The van der Waals surface area contributed by atoms with Crippen molar-refractivity contribution in [2.24, 2.45) is 5.92 Å². The Labute approximate surface area is 231 Å². The van der Waals surface area contributed by atoms with Gasteiger partial charge < -0.3 is 24.5 Å². The zero-order chi connectivity index (χ0) is 29.5. The van der Waals surface area contributed by atoms with Crippen LogP contribution in [0.25, 0.3) is 11.2 Å². The van der Waals surface area contributed by atoms with Gasteiger partial charge in [0.1, 0.15) is 17.4 Å². The van der Waals surface area contributed by atoms with Gasteiger partial charge in [0.25, 0.3) is 0 Å². The van der Waals surface area contributed by atoms with E-state index in [2.05, 4.69) is 20.1 Å². The van der Waals surface area contributed by atoms with Crippen LogP contribution < -0.4 is 15.9 Å². The molecule has 0 spiro atoms. The van der Waals surface area contributed by atoms with Crippen LogP contribution in [0.4, 0.5) is 5.69 Å². The van der Waals surface area contributed by atoms with Crippen molar-refractivity contribution >= 4 is 36.2 Å². The topological polar surface area (TPSA) is 160 Å². The summed E-state index contributed by atoms with van der Waals surface area (Å²) in [6, 6.07) is 1.18. The highest BCUT2D eigenvalue weighted by atomic mass is 31.2. The Hall–Kier alpha value is -2.53. The largest absolute Gasteiger partial charge is 0.463 e. The van der Waals surface area contributed by atoms with E-state index in [9.17, 15) is 14.2 Å². The molecule has 0 aliphatic rings. The van der Waals surface area contributed by atoms with E-state index in [0.717, 1.165) is 0 Å². The quantitative estimate of drug-likeness (QED) is 0.212. The lowest BCUT2D eigenvalue weighted by atomic mass is 10.0. The first-order valence-corrected chi connectivity index (χ1v) is 15.2. The molecule has 2 rings (SSSR count). The van der Waals surface area contributed by atoms with Gasteiger partial charge in [-0.05, 0) is 60.5 Å². The number of aromatic nitrogens is 3. The highest BCUT2D eigenvalue weighted by Gasteiger charge is 2.40. The third-order valence-electron chi connectivity index (χ3n) is 5.78. The smallest absolute Gasteiger partial charge is 0.326 e. The molecule has 0 radical (unpaired) electrons. The van der Waals surface area contributed by atoms with Crippen LogP contribution in [0.3, 0.4) is 0 Å². The minimum absolute atomic E-state index is 0.00204. The second kappa shape index (κ2) is 13.7. The van der Waals surface area contributed by atoms with E-state index in [1.54, 1.807) is 60.1 Å². The van der Waals surface area contributed by atoms with E-state index in [4.69, 9.17) is 19.9 Å². The summed E-state index contributed by atoms with van der Waals surface area (Å²) in [5.74, 6) is -1.03. The third-order valence-corrected chi connectivity index (χ3v) is 7.96. The van der Waals surface area contributed by atoms with Crippen LogP contribution in [-0.2, 0) is 34.9 Å². The number of carbonyl (C=O) groups is 2. The van der Waals surface area contributed by atoms with Crippen molar-refractivity contribution in [1.29, 1.82) is 0 Å². The second-order valence-corrected chi connectivity index (χ2v) is 13.4. The summed E-state index contributed by atoms with van der Waals surface area (Å²) in [7, 11) is -3.63. The molecular formula is C26H45N6O6P. The number of hydrogen-bond acceptors (Lipinski definition) is 9. The Morgan fingerprint density at radius 1 is 1.08 bits per heavy atom. The molecule has 13 heteroatoms. The molecule has 0 bridgehead atoms. The van der Waals surface area contributed by atoms with E-state index in [0.29, 0.717) is 23.4 Å². The molecular weight excluding hydrogens is 523 g/mol. The number of fused-ring (bicyclic) bond motifs is 1. The number of nitrogen functional groups attached to an aromatic ring is 1. The Morgan fingerprint density at radius 2 is 1.72 bits per heavy atom. The van der Waals surface area contributed by atoms with E-state index in [-0.39, 0.29) is 30.9 Å². The zero-order valence-electron chi connectivity index (χ0n) is 24.6. The van der Waals surface area contributed by atoms with E-state index < -0.39 is 37.1 Å². The number of hydrogen-bond donors (Lipinski definition) is 3. The van der Waals surface area contributed by atoms with Crippen molar-refractivity contribution in [3.8, 4) is 0 Å². The Kier molecular flexibility index (Phi) is 11.5. The number of imidazole rings is 1. The van der Waals surface area contributed by atoms with Crippen LogP contribution >= 0.6 is 7.44 Å². The molecule has 0 saturated heterocycles.